The maximum absolute atomic E-state index is 13.6. The molecule has 0 aromatic heterocycles. The van der Waals surface area contributed by atoms with Crippen molar-refractivity contribution in [2.75, 3.05) is 95.5 Å². The van der Waals surface area contributed by atoms with Crippen LogP contribution in [0.3, 0.4) is 0 Å². The fraction of sp³-hybridized carbons (Fsp3) is 0.804. The third kappa shape index (κ3) is 35.9. The Balaban J connectivity index is 2.39. The van der Waals surface area contributed by atoms with E-state index in [1.807, 2.05) is 0 Å². The molecule has 1 aliphatic carbocycles. The van der Waals surface area contributed by atoms with Crippen LogP contribution in [0.25, 0.3) is 0 Å². The largest absolute Gasteiger partial charge is 0.481 e. The van der Waals surface area contributed by atoms with Gasteiger partial charge in [-0.1, -0.05) is 70.6 Å². The first kappa shape index (κ1) is 63.2. The van der Waals surface area contributed by atoms with Gasteiger partial charge in [-0.25, -0.2) is 4.79 Å². The van der Waals surface area contributed by atoms with Crippen LogP contribution in [0.5, 0.6) is 0 Å². The summed E-state index contributed by atoms with van der Waals surface area (Å²) in [6.07, 6.45) is 19.4. The minimum Gasteiger partial charge on any atom is -0.481 e. The van der Waals surface area contributed by atoms with E-state index in [9.17, 15) is 53.4 Å². The van der Waals surface area contributed by atoms with Crippen LogP contribution in [0.2, 0.25) is 0 Å². The summed E-state index contributed by atoms with van der Waals surface area (Å²) in [5, 5.41) is 35.4. The number of aliphatic carboxylic acids is 2. The van der Waals surface area contributed by atoms with Gasteiger partial charge >= 0.3 is 11.9 Å². The summed E-state index contributed by atoms with van der Waals surface area (Å²) in [6, 6.07) is -2.80. The number of nitrogens with zero attached hydrogens (tertiary/aromatic N) is 1. The average molecular weight is 1040 g/mol. The maximum Gasteiger partial charge on any atom is 0.326 e. The molecule has 69 heavy (non-hydrogen) atoms. The van der Waals surface area contributed by atoms with E-state index in [2.05, 4.69) is 31.9 Å². The number of rotatable bonds is 35. The van der Waals surface area contributed by atoms with E-state index >= 15 is 0 Å². The molecule has 1 rings (SSSR count). The number of carboxylic acid groups (broad SMARTS) is 2. The molecule has 1 fully saturated rings. The molecule has 0 bridgehead atoms. The Morgan fingerprint density at radius 3 is 1.58 bits per heavy atom. The van der Waals surface area contributed by atoms with Gasteiger partial charge in [0.05, 0.1) is 37.1 Å². The van der Waals surface area contributed by atoms with Crippen molar-refractivity contribution in [1.82, 2.24) is 36.8 Å². The summed E-state index contributed by atoms with van der Waals surface area (Å²) < 4.78 is 10.7. The molecular weight excluding hydrogens is 955 g/mol. The van der Waals surface area contributed by atoms with Gasteiger partial charge in [0.15, 0.2) is 0 Å². The summed E-state index contributed by atoms with van der Waals surface area (Å²) in [4.78, 5) is 113. The number of carboxylic acids is 2. The second-order valence-electron chi connectivity index (χ2n) is 16.8. The van der Waals surface area contributed by atoms with Crippen molar-refractivity contribution in [3.63, 3.8) is 0 Å². The number of amides is 7. The number of thioether (sulfide) groups is 3. The molecule has 0 aromatic rings. The summed E-state index contributed by atoms with van der Waals surface area (Å²) in [7, 11) is 0. The molecule has 0 heterocycles. The number of ether oxygens (including phenoxy) is 2. The van der Waals surface area contributed by atoms with Crippen LogP contribution in [-0.2, 0) is 52.6 Å². The Morgan fingerprint density at radius 2 is 1.03 bits per heavy atom. The van der Waals surface area contributed by atoms with Crippen molar-refractivity contribution in [2.24, 2.45) is 0 Å². The first-order valence-corrected chi connectivity index (χ1v) is 28.2. The topological polar surface area (TPSA) is 288 Å². The molecular formula is C46H81N7O13S3. The van der Waals surface area contributed by atoms with E-state index in [-0.39, 0.29) is 107 Å². The van der Waals surface area contributed by atoms with Gasteiger partial charge in [-0.2, -0.15) is 23.5 Å². The van der Waals surface area contributed by atoms with Gasteiger partial charge in [0, 0.05) is 63.8 Å². The predicted molar refractivity (Wildman–Crippen MR) is 270 cm³/mol. The van der Waals surface area contributed by atoms with E-state index in [0.29, 0.717) is 24.0 Å². The fourth-order valence-corrected chi connectivity index (χ4v) is 9.13. The van der Waals surface area contributed by atoms with Gasteiger partial charge in [0.25, 0.3) is 0 Å². The third-order valence-electron chi connectivity index (χ3n) is 10.9. The molecule has 8 N–H and O–H groups in total. The average Bonchev–Trinajstić information content (AvgIpc) is 3.30. The van der Waals surface area contributed by atoms with Gasteiger partial charge in [0.1, 0.15) is 18.7 Å². The van der Waals surface area contributed by atoms with Crippen molar-refractivity contribution in [3.05, 3.63) is 0 Å². The molecule has 0 radical (unpaired) electrons. The predicted octanol–water partition coefficient (Wildman–Crippen LogP) is 2.71. The Morgan fingerprint density at radius 1 is 0.536 bits per heavy atom. The Hall–Kier alpha value is -3.80. The quantitative estimate of drug-likeness (QED) is 0.0424. The number of nitrogens with one attached hydrogen (secondary N) is 6. The molecule has 20 nitrogen and oxygen atoms in total. The van der Waals surface area contributed by atoms with Crippen molar-refractivity contribution in [1.29, 1.82) is 0 Å². The molecule has 2 atom stereocenters. The Kier molecular flexibility index (Phi) is 38.4. The Labute approximate surface area is 421 Å². The first-order chi connectivity index (χ1) is 33.2. The standard InChI is InChI=1S/C46H81N7O13S3/c1-67-32-41(57)48-23-26-53(27-24-49-42(58)33-68-2)45(62)36(19-21-44(60)61)51-39(55)20-18-37(46(63)64)52-40(56)31-66-30-29-65-28-25-50-38(54)17-14-22-47-43(59)34-69-35-15-12-10-8-6-4-3-5-7-9-11-13-16-35/h35-37H,3-34H2,1-2H3,(H,47,59)(H,48,57)(H,49,58)(H,50,54)(H,51,55)(H,52,56)(H,60,61)(H,63,64)/t36?,37-/m0/s1. The molecule has 396 valence electrons. The number of hydrogen-bond acceptors (Lipinski definition) is 14. The van der Waals surface area contributed by atoms with Crippen LogP contribution in [0.1, 0.15) is 122 Å². The highest BCUT2D eigenvalue weighted by Crippen LogP contribution is 2.25. The highest BCUT2D eigenvalue weighted by atomic mass is 32.2. The maximum atomic E-state index is 13.6. The number of carbonyl (C=O) groups excluding carboxylic acids is 7. The van der Waals surface area contributed by atoms with Crippen molar-refractivity contribution < 1.29 is 62.8 Å². The van der Waals surface area contributed by atoms with E-state index in [4.69, 9.17) is 9.47 Å². The normalized spacial score (nSPS) is 14.8. The lowest BCUT2D eigenvalue weighted by molar-refractivity contribution is -0.143. The minimum absolute atomic E-state index is 0.000139. The van der Waals surface area contributed by atoms with E-state index < -0.39 is 61.2 Å². The van der Waals surface area contributed by atoms with Crippen LogP contribution >= 0.6 is 35.3 Å². The highest BCUT2D eigenvalue weighted by Gasteiger charge is 2.28. The van der Waals surface area contributed by atoms with Crippen molar-refractivity contribution in [2.45, 2.75) is 139 Å². The van der Waals surface area contributed by atoms with Gasteiger partial charge < -0.3 is 56.5 Å². The smallest absolute Gasteiger partial charge is 0.326 e. The molecule has 1 saturated carbocycles. The molecule has 0 spiro atoms. The lowest BCUT2D eigenvalue weighted by Gasteiger charge is -2.28. The van der Waals surface area contributed by atoms with Crippen LogP contribution in [0.15, 0.2) is 0 Å². The third-order valence-corrected chi connectivity index (χ3v) is 13.4. The first-order valence-electron chi connectivity index (χ1n) is 24.4. The molecule has 0 saturated heterocycles. The molecule has 1 aliphatic rings. The van der Waals surface area contributed by atoms with Gasteiger partial charge in [0.2, 0.25) is 41.4 Å². The van der Waals surface area contributed by atoms with Gasteiger partial charge in [-0.05, 0) is 44.6 Å². The van der Waals surface area contributed by atoms with Crippen LogP contribution < -0.4 is 31.9 Å². The molecule has 0 aromatic carbocycles. The van der Waals surface area contributed by atoms with Crippen LogP contribution in [0.4, 0.5) is 0 Å². The minimum atomic E-state index is -1.49. The summed E-state index contributed by atoms with van der Waals surface area (Å²) in [5.41, 5.74) is 0. The summed E-state index contributed by atoms with van der Waals surface area (Å²) >= 11 is 4.39. The van der Waals surface area contributed by atoms with Gasteiger partial charge in [-0.3, -0.25) is 38.4 Å². The highest BCUT2D eigenvalue weighted by molar-refractivity contribution is 8.00. The molecule has 23 heteroatoms. The Bertz CT molecular complexity index is 1500. The molecule has 0 aliphatic heterocycles. The number of hydrogen-bond donors (Lipinski definition) is 8. The SMILES string of the molecule is CSCC(=O)NCCN(CCNC(=O)CSC)C(=O)C(CCC(=O)O)NC(=O)CC[C@H](NC(=O)COCCOCCNC(=O)CCCNC(=O)CSC1CCCCCCCCCCCCC1)C(=O)O. The summed E-state index contributed by atoms with van der Waals surface area (Å²) in [5.74, 6) is -4.67. The molecule has 7 amide bonds. The zero-order chi connectivity index (χ0) is 50.9. The van der Waals surface area contributed by atoms with Crippen LogP contribution in [0, 0.1) is 0 Å². The lowest BCUT2D eigenvalue weighted by Crippen LogP contribution is -2.52. The zero-order valence-corrected chi connectivity index (χ0v) is 43.4. The zero-order valence-electron chi connectivity index (χ0n) is 40.9. The second-order valence-corrected chi connectivity index (χ2v) is 19.8. The van der Waals surface area contributed by atoms with Gasteiger partial charge in [-0.15, -0.1) is 11.8 Å². The van der Waals surface area contributed by atoms with Crippen molar-refractivity contribution >= 4 is 88.6 Å². The fourth-order valence-electron chi connectivity index (χ4n) is 7.24. The summed E-state index contributed by atoms with van der Waals surface area (Å²) in [6.45, 7) is 0.573. The van der Waals surface area contributed by atoms with E-state index in [1.54, 1.807) is 24.3 Å². The van der Waals surface area contributed by atoms with Crippen molar-refractivity contribution in [3.8, 4) is 0 Å². The van der Waals surface area contributed by atoms with Crippen LogP contribution in [-0.4, -0.2) is 181 Å². The van der Waals surface area contributed by atoms with E-state index in [0.717, 1.165) is 0 Å². The monoisotopic (exact) mass is 1040 g/mol. The van der Waals surface area contributed by atoms with E-state index in [1.165, 1.54) is 112 Å². The number of carbonyl (C=O) groups is 9. The molecule has 1 unspecified atom stereocenters. The second kappa shape index (κ2) is 41.9. The lowest BCUT2D eigenvalue weighted by atomic mass is 10.0.